The van der Waals surface area contributed by atoms with Gasteiger partial charge in [0.15, 0.2) is 11.0 Å². The second-order valence-electron chi connectivity index (χ2n) is 7.96. The van der Waals surface area contributed by atoms with E-state index in [2.05, 4.69) is 15.2 Å². The highest BCUT2D eigenvalue weighted by atomic mass is 32.2. The first-order valence-electron chi connectivity index (χ1n) is 10.2. The van der Waals surface area contributed by atoms with E-state index in [1.165, 1.54) is 0 Å². The van der Waals surface area contributed by atoms with E-state index in [4.69, 9.17) is 15.2 Å². The number of ketones is 1. The summed E-state index contributed by atoms with van der Waals surface area (Å²) < 4.78 is 11.3. The van der Waals surface area contributed by atoms with Gasteiger partial charge in [0.2, 0.25) is 11.1 Å². The van der Waals surface area contributed by atoms with E-state index in [0.717, 1.165) is 55.2 Å². The summed E-state index contributed by atoms with van der Waals surface area (Å²) in [5.74, 6) is 0.543. The number of carbonyl (C=O) groups is 2. The van der Waals surface area contributed by atoms with E-state index in [1.54, 1.807) is 7.11 Å². The molecule has 2 fully saturated rings. The van der Waals surface area contributed by atoms with Gasteiger partial charge >= 0.3 is 5.97 Å². The zero-order valence-corrected chi connectivity index (χ0v) is 17.7. The van der Waals surface area contributed by atoms with Gasteiger partial charge in [-0.25, -0.2) is 5.10 Å². The van der Waals surface area contributed by atoms with Crippen molar-refractivity contribution in [1.29, 1.82) is 0 Å². The fourth-order valence-electron chi connectivity index (χ4n) is 4.51. The monoisotopic (exact) mass is 430 g/mol. The van der Waals surface area contributed by atoms with Crippen LogP contribution in [0.2, 0.25) is 0 Å². The number of carbonyl (C=O) groups excluding carboxylic acids is 2. The van der Waals surface area contributed by atoms with Gasteiger partial charge in [-0.2, -0.15) is 4.98 Å². The minimum absolute atomic E-state index is 0.124. The van der Waals surface area contributed by atoms with Crippen molar-refractivity contribution in [2.24, 2.45) is 5.92 Å². The van der Waals surface area contributed by atoms with Crippen molar-refractivity contribution in [2.45, 2.75) is 61.0 Å². The van der Waals surface area contributed by atoms with Gasteiger partial charge in [0, 0.05) is 6.42 Å². The average Bonchev–Trinajstić information content (AvgIpc) is 3.42. The number of H-pyrrole nitrogens is 1. The van der Waals surface area contributed by atoms with Crippen LogP contribution in [0.5, 0.6) is 5.75 Å². The summed E-state index contributed by atoms with van der Waals surface area (Å²) in [4.78, 5) is 29.9. The Balaban J connectivity index is 1.50. The number of esters is 1. The third kappa shape index (κ3) is 4.30. The Morgan fingerprint density at radius 2 is 2.00 bits per heavy atom. The molecule has 1 saturated carbocycles. The summed E-state index contributed by atoms with van der Waals surface area (Å²) in [6.07, 6.45) is 5.78. The number of ether oxygens (including phenoxy) is 2. The first-order chi connectivity index (χ1) is 14.5. The Morgan fingerprint density at radius 3 is 2.60 bits per heavy atom. The van der Waals surface area contributed by atoms with Crippen molar-refractivity contribution < 1.29 is 19.1 Å². The minimum Gasteiger partial charge on any atom is -0.497 e. The molecule has 2 atom stereocenters. The molecule has 160 valence electrons. The molecule has 1 aliphatic carbocycles. The minimum atomic E-state index is -0.948. The van der Waals surface area contributed by atoms with Crippen LogP contribution in [0.15, 0.2) is 29.4 Å². The van der Waals surface area contributed by atoms with Gasteiger partial charge in [-0.1, -0.05) is 36.7 Å². The number of anilines is 1. The molecule has 0 bridgehead atoms. The maximum Gasteiger partial charge on any atom is 0.327 e. The average molecular weight is 431 g/mol. The zero-order chi connectivity index (χ0) is 21.1. The molecular weight excluding hydrogens is 404 g/mol. The van der Waals surface area contributed by atoms with Crippen LogP contribution < -0.4 is 10.5 Å². The number of nitrogens with two attached hydrogens (primary N) is 1. The molecule has 1 aliphatic heterocycles. The molecule has 1 saturated heterocycles. The lowest BCUT2D eigenvalue weighted by molar-refractivity contribution is -0.177. The quantitative estimate of drug-likeness (QED) is 0.508. The van der Waals surface area contributed by atoms with E-state index >= 15 is 0 Å². The predicted octanol–water partition coefficient (Wildman–Crippen LogP) is 2.93. The normalized spacial score (nSPS) is 24.8. The van der Waals surface area contributed by atoms with Gasteiger partial charge in [0.1, 0.15) is 11.4 Å². The second-order valence-corrected chi connectivity index (χ2v) is 9.03. The largest absolute Gasteiger partial charge is 0.497 e. The number of hydrogen-bond acceptors (Lipinski definition) is 8. The molecule has 3 N–H and O–H groups in total. The number of methoxy groups -OCH3 is 1. The molecule has 2 aromatic rings. The summed E-state index contributed by atoms with van der Waals surface area (Å²) in [6, 6.07) is 7.87. The number of Topliss-reactive ketones (excluding diaryl/α,β-unsaturated/α-hetero) is 1. The molecule has 1 aromatic carbocycles. The van der Waals surface area contributed by atoms with Crippen molar-refractivity contribution in [2.75, 3.05) is 12.8 Å². The highest BCUT2D eigenvalue weighted by Gasteiger charge is 2.52. The molecule has 2 heterocycles. The van der Waals surface area contributed by atoms with Crippen LogP contribution in [-0.4, -0.2) is 44.9 Å². The summed E-state index contributed by atoms with van der Waals surface area (Å²) >= 11 is 0.992. The molecule has 4 rings (SSSR count). The number of nitrogen functional groups attached to an aromatic ring is 1. The molecule has 9 heteroatoms. The number of aromatic amines is 1. The molecule has 0 spiro atoms. The summed E-state index contributed by atoms with van der Waals surface area (Å²) in [7, 11) is 1.64. The third-order valence-electron chi connectivity index (χ3n) is 6.08. The standard InChI is InChI=1S/C21H26N4O4S/c1-28-15-8-6-13(7-9-15)10-11-21(14-4-2-3-5-14)12-16(26)17(18(27)29-21)30-20-23-19(22)24-25-20/h6-9,14,17H,2-5,10-12H2,1H3,(H3,22,23,24,25). The van der Waals surface area contributed by atoms with Gasteiger partial charge in [0.25, 0.3) is 0 Å². The Bertz CT molecular complexity index is 890. The second kappa shape index (κ2) is 8.67. The topological polar surface area (TPSA) is 120 Å². The first-order valence-corrected chi connectivity index (χ1v) is 11.1. The third-order valence-corrected chi connectivity index (χ3v) is 7.17. The number of aromatic nitrogens is 3. The molecular formula is C21H26N4O4S. The van der Waals surface area contributed by atoms with Crippen LogP contribution in [0, 0.1) is 5.92 Å². The Labute approximate surface area is 179 Å². The van der Waals surface area contributed by atoms with Crippen LogP contribution in [0.25, 0.3) is 0 Å². The number of nitrogens with zero attached hydrogens (tertiary/aromatic N) is 2. The van der Waals surface area contributed by atoms with E-state index in [0.29, 0.717) is 6.42 Å². The van der Waals surface area contributed by atoms with Gasteiger partial charge in [-0.15, -0.1) is 5.10 Å². The van der Waals surface area contributed by atoms with Gasteiger partial charge in [-0.05, 0) is 49.3 Å². The Kier molecular flexibility index (Phi) is 5.99. The molecule has 1 aromatic heterocycles. The first kappa shape index (κ1) is 20.7. The summed E-state index contributed by atoms with van der Waals surface area (Å²) in [6.45, 7) is 0. The molecule has 0 radical (unpaired) electrons. The number of cyclic esters (lactones) is 1. The number of thioether (sulfide) groups is 1. The van der Waals surface area contributed by atoms with Gasteiger partial charge < -0.3 is 15.2 Å². The highest BCUT2D eigenvalue weighted by molar-refractivity contribution is 8.01. The maximum atomic E-state index is 13.0. The van der Waals surface area contributed by atoms with Crippen LogP contribution >= 0.6 is 11.8 Å². The number of rotatable bonds is 7. The van der Waals surface area contributed by atoms with Gasteiger partial charge in [-0.3, -0.25) is 9.59 Å². The number of aryl methyl sites for hydroxylation is 1. The maximum absolute atomic E-state index is 13.0. The van der Waals surface area contributed by atoms with Crippen LogP contribution in [0.1, 0.15) is 44.1 Å². The van der Waals surface area contributed by atoms with Crippen molar-refractivity contribution in [3.8, 4) is 5.75 Å². The molecule has 8 nitrogen and oxygen atoms in total. The van der Waals surface area contributed by atoms with E-state index in [1.807, 2.05) is 24.3 Å². The predicted molar refractivity (Wildman–Crippen MR) is 112 cm³/mol. The van der Waals surface area contributed by atoms with E-state index in [9.17, 15) is 9.59 Å². The van der Waals surface area contributed by atoms with Crippen LogP contribution in [0.3, 0.4) is 0 Å². The number of nitrogens with one attached hydrogen (secondary N) is 1. The Hall–Kier alpha value is -2.55. The Morgan fingerprint density at radius 1 is 1.27 bits per heavy atom. The summed E-state index contributed by atoms with van der Waals surface area (Å²) in [5, 5.41) is 5.76. The van der Waals surface area contributed by atoms with Crippen LogP contribution in [0.4, 0.5) is 5.95 Å². The number of hydrogen-bond donors (Lipinski definition) is 2. The SMILES string of the molecule is COc1ccc(CCC2(C3CCCC3)CC(=O)C(Sc3n[nH]c(N)n3)C(=O)O2)cc1. The lowest BCUT2D eigenvalue weighted by Gasteiger charge is -2.42. The van der Waals surface area contributed by atoms with Crippen LogP contribution in [-0.2, 0) is 20.7 Å². The van der Waals surface area contributed by atoms with Crippen molar-refractivity contribution in [3.63, 3.8) is 0 Å². The van der Waals surface area contributed by atoms with E-state index < -0.39 is 16.8 Å². The molecule has 0 amide bonds. The van der Waals surface area contributed by atoms with Crippen molar-refractivity contribution in [3.05, 3.63) is 29.8 Å². The lowest BCUT2D eigenvalue weighted by Crippen LogP contribution is -2.53. The smallest absolute Gasteiger partial charge is 0.327 e. The fraction of sp³-hybridized carbons (Fsp3) is 0.524. The fourth-order valence-corrected chi connectivity index (χ4v) is 5.33. The molecule has 30 heavy (non-hydrogen) atoms. The van der Waals surface area contributed by atoms with Gasteiger partial charge in [0.05, 0.1) is 7.11 Å². The lowest BCUT2D eigenvalue weighted by atomic mass is 9.76. The molecule has 2 aliphatic rings. The zero-order valence-electron chi connectivity index (χ0n) is 16.9. The summed E-state index contributed by atoms with van der Waals surface area (Å²) in [5.41, 5.74) is 5.93. The van der Waals surface area contributed by atoms with Crippen molar-refractivity contribution >= 4 is 29.5 Å². The van der Waals surface area contributed by atoms with E-state index in [-0.39, 0.29) is 29.2 Å². The molecule has 2 unspecified atom stereocenters. The van der Waals surface area contributed by atoms with Crippen molar-refractivity contribution in [1.82, 2.24) is 15.2 Å². The highest BCUT2D eigenvalue weighted by Crippen LogP contribution is 2.45. The number of benzene rings is 1.